The zero-order chi connectivity index (χ0) is 41.5. The van der Waals surface area contributed by atoms with E-state index >= 15 is 0 Å². The van der Waals surface area contributed by atoms with E-state index in [1.807, 2.05) is 0 Å². The lowest BCUT2D eigenvalue weighted by molar-refractivity contribution is 0.769. The summed E-state index contributed by atoms with van der Waals surface area (Å²) >= 11 is 0. The Bertz CT molecular complexity index is 3100. The molecule has 0 amide bonds. The first-order chi connectivity index (χ1) is 30.6. The van der Waals surface area contributed by atoms with Gasteiger partial charge in [-0.05, 0) is 143 Å². The summed E-state index contributed by atoms with van der Waals surface area (Å²) in [5.41, 5.74) is 22.8. The minimum atomic E-state index is -0.658. The average Bonchev–Trinajstić information content (AvgIpc) is 3.66. The summed E-state index contributed by atoms with van der Waals surface area (Å²) in [5, 5.41) is 0. The number of hydrogen-bond donors (Lipinski definition) is 0. The van der Waals surface area contributed by atoms with Gasteiger partial charge in [-0.2, -0.15) is 0 Å². The molecule has 0 heteroatoms. The van der Waals surface area contributed by atoms with Crippen molar-refractivity contribution >= 4 is 0 Å². The Balaban J connectivity index is 1.20. The molecule has 10 aromatic rings. The lowest BCUT2D eigenvalue weighted by atomic mass is 9.66. The molecular formula is C62H44. The van der Waals surface area contributed by atoms with Crippen LogP contribution in [0.1, 0.15) is 27.8 Å². The highest BCUT2D eigenvalue weighted by atomic mass is 14.5. The monoisotopic (exact) mass is 788 g/mol. The van der Waals surface area contributed by atoms with Crippen LogP contribution in [0.4, 0.5) is 0 Å². The third kappa shape index (κ3) is 6.40. The summed E-state index contributed by atoms with van der Waals surface area (Å²) in [5.74, 6) is 0. The van der Waals surface area contributed by atoms with E-state index in [0.29, 0.717) is 0 Å². The predicted molar refractivity (Wildman–Crippen MR) is 261 cm³/mol. The highest BCUT2D eigenvalue weighted by molar-refractivity contribution is 5.97. The number of fused-ring (bicyclic) bond motifs is 3. The van der Waals surface area contributed by atoms with Crippen LogP contribution < -0.4 is 0 Å². The first-order valence-corrected chi connectivity index (χ1v) is 21.6. The second kappa shape index (κ2) is 15.7. The molecule has 0 fully saturated rings. The van der Waals surface area contributed by atoms with E-state index in [1.54, 1.807) is 0 Å². The highest BCUT2D eigenvalue weighted by Gasteiger charge is 2.47. The van der Waals surface area contributed by atoms with Gasteiger partial charge in [-0.25, -0.2) is 0 Å². The Morgan fingerprint density at radius 3 is 1.15 bits per heavy atom. The fourth-order valence-corrected chi connectivity index (χ4v) is 9.95. The van der Waals surface area contributed by atoms with Crippen molar-refractivity contribution in [3.8, 4) is 77.9 Å². The minimum Gasteiger partial charge on any atom is -0.0622 e. The van der Waals surface area contributed by atoms with Gasteiger partial charge in [0.2, 0.25) is 0 Å². The molecule has 0 spiro atoms. The molecular weight excluding hydrogens is 745 g/mol. The maximum absolute atomic E-state index is 2.48. The zero-order valence-electron chi connectivity index (χ0n) is 34.7. The lowest BCUT2D eigenvalue weighted by Crippen LogP contribution is -2.28. The van der Waals surface area contributed by atoms with Crippen LogP contribution in [0.3, 0.4) is 0 Å². The Hall–Kier alpha value is -7.80. The van der Waals surface area contributed by atoms with Crippen LogP contribution in [0, 0.1) is 6.92 Å². The van der Waals surface area contributed by atoms with Crippen LogP contribution in [0.5, 0.6) is 0 Å². The van der Waals surface area contributed by atoms with Gasteiger partial charge < -0.3 is 0 Å². The Labute approximate surface area is 365 Å². The van der Waals surface area contributed by atoms with Gasteiger partial charge in [0.1, 0.15) is 0 Å². The Morgan fingerprint density at radius 1 is 0.242 bits per heavy atom. The summed E-state index contributed by atoms with van der Waals surface area (Å²) < 4.78 is 0. The molecule has 1 aliphatic carbocycles. The van der Waals surface area contributed by atoms with Crippen LogP contribution in [0.2, 0.25) is 0 Å². The molecule has 0 heterocycles. The van der Waals surface area contributed by atoms with Gasteiger partial charge in [0, 0.05) is 0 Å². The molecule has 0 saturated carbocycles. The molecule has 11 rings (SSSR count). The molecule has 0 N–H and O–H groups in total. The predicted octanol–water partition coefficient (Wildman–Crippen LogP) is 16.4. The van der Waals surface area contributed by atoms with E-state index in [2.05, 4.69) is 256 Å². The number of hydrogen-bond acceptors (Lipinski definition) is 0. The molecule has 292 valence electrons. The number of rotatable bonds is 8. The van der Waals surface area contributed by atoms with Crippen LogP contribution in [0.25, 0.3) is 77.9 Å². The third-order valence-electron chi connectivity index (χ3n) is 12.9. The maximum atomic E-state index is 2.48. The maximum Gasteiger partial charge on any atom is 0.0714 e. The van der Waals surface area contributed by atoms with Crippen molar-refractivity contribution in [2.45, 2.75) is 12.3 Å². The first kappa shape index (κ1) is 37.2. The number of benzene rings is 10. The molecule has 1 aliphatic rings. The molecule has 62 heavy (non-hydrogen) atoms. The quantitative estimate of drug-likeness (QED) is 0.144. The molecule has 0 saturated heterocycles. The van der Waals surface area contributed by atoms with Gasteiger partial charge >= 0.3 is 0 Å². The van der Waals surface area contributed by atoms with Crippen molar-refractivity contribution in [1.29, 1.82) is 0 Å². The molecule has 0 nitrogen and oxygen atoms in total. The van der Waals surface area contributed by atoms with E-state index in [-0.39, 0.29) is 0 Å². The summed E-state index contributed by atoms with van der Waals surface area (Å²) in [6.45, 7) is 2.23. The van der Waals surface area contributed by atoms with E-state index in [0.717, 1.165) is 0 Å². The van der Waals surface area contributed by atoms with Crippen molar-refractivity contribution in [2.75, 3.05) is 0 Å². The first-order valence-electron chi connectivity index (χ1n) is 21.6. The second-order valence-corrected chi connectivity index (χ2v) is 16.5. The highest BCUT2D eigenvalue weighted by Crippen LogP contribution is 2.59. The van der Waals surface area contributed by atoms with Gasteiger partial charge in [-0.1, -0.05) is 218 Å². The van der Waals surface area contributed by atoms with Gasteiger partial charge in [-0.3, -0.25) is 0 Å². The molecule has 10 aromatic carbocycles. The molecule has 0 aromatic heterocycles. The van der Waals surface area contributed by atoms with Gasteiger partial charge in [0.25, 0.3) is 0 Å². The molecule has 0 bridgehead atoms. The smallest absolute Gasteiger partial charge is 0.0622 e. The normalized spacial score (nSPS) is 12.4. The fourth-order valence-electron chi connectivity index (χ4n) is 9.95. The van der Waals surface area contributed by atoms with Crippen molar-refractivity contribution in [1.82, 2.24) is 0 Å². The van der Waals surface area contributed by atoms with Gasteiger partial charge in [0.15, 0.2) is 0 Å². The summed E-state index contributed by atoms with van der Waals surface area (Å²) in [6, 6.07) is 91.9. The third-order valence-corrected chi connectivity index (χ3v) is 12.9. The summed E-state index contributed by atoms with van der Waals surface area (Å²) in [6.07, 6.45) is 0. The SMILES string of the molecule is Cc1ccccc1-c1cccc2c1-c1ccc(-c3ccccc3)cc1C2(c1cccc(-c2cccc(-c3ccccc3)c2)c1)c1cccc(-c2cccc(-c3ccccc3)c2)c1. The second-order valence-electron chi connectivity index (χ2n) is 16.5. The van der Waals surface area contributed by atoms with Crippen molar-refractivity contribution < 1.29 is 0 Å². The van der Waals surface area contributed by atoms with Crippen LogP contribution in [0.15, 0.2) is 249 Å². The minimum absolute atomic E-state index is 0.658. The molecule has 0 radical (unpaired) electrons. The Kier molecular flexibility index (Phi) is 9.40. The standard InChI is InChI=1S/C62H44/c1-43-18-11-12-33-56(43)57-34-17-35-59-61(57)58-37-36-53(46-23-9-4-10-24-46)42-60(58)62(59,54-31-15-29-51(40-54)49-27-13-25-47(38-49)44-19-5-2-6-20-44)55-32-16-30-52(41-55)50-28-14-26-48(39-50)45-21-7-3-8-22-45/h2-42H,1H3. The van der Waals surface area contributed by atoms with Gasteiger partial charge in [0.05, 0.1) is 5.41 Å². The van der Waals surface area contributed by atoms with Crippen LogP contribution in [-0.4, -0.2) is 0 Å². The van der Waals surface area contributed by atoms with E-state index < -0.39 is 5.41 Å². The lowest BCUT2D eigenvalue weighted by Gasteiger charge is -2.35. The van der Waals surface area contributed by atoms with Crippen molar-refractivity contribution in [3.63, 3.8) is 0 Å². The Morgan fingerprint density at radius 2 is 0.629 bits per heavy atom. The average molecular weight is 789 g/mol. The van der Waals surface area contributed by atoms with E-state index in [1.165, 1.54) is 106 Å². The van der Waals surface area contributed by atoms with Gasteiger partial charge in [-0.15, -0.1) is 0 Å². The number of aryl methyl sites for hydroxylation is 1. The molecule has 0 aliphatic heterocycles. The molecule has 0 atom stereocenters. The summed E-state index contributed by atoms with van der Waals surface area (Å²) in [4.78, 5) is 0. The summed E-state index contributed by atoms with van der Waals surface area (Å²) in [7, 11) is 0. The largest absolute Gasteiger partial charge is 0.0714 e. The topological polar surface area (TPSA) is 0 Å². The van der Waals surface area contributed by atoms with Crippen LogP contribution in [-0.2, 0) is 5.41 Å². The van der Waals surface area contributed by atoms with E-state index in [9.17, 15) is 0 Å². The van der Waals surface area contributed by atoms with Crippen molar-refractivity contribution in [2.24, 2.45) is 0 Å². The van der Waals surface area contributed by atoms with Crippen LogP contribution >= 0.6 is 0 Å². The molecule has 0 unspecified atom stereocenters. The van der Waals surface area contributed by atoms with Crippen molar-refractivity contribution in [3.05, 3.63) is 277 Å². The fraction of sp³-hybridized carbons (Fsp3) is 0.0323. The zero-order valence-corrected chi connectivity index (χ0v) is 34.7. The van der Waals surface area contributed by atoms with E-state index in [4.69, 9.17) is 0 Å².